The Hall–Kier alpha value is -0.610. The van der Waals surface area contributed by atoms with Crippen LogP contribution in [0, 0.1) is 5.92 Å². The summed E-state index contributed by atoms with van der Waals surface area (Å²) in [7, 11) is 0. The molecular formula is C17H28O4. The molecular weight excluding hydrogens is 268 g/mol. The first-order chi connectivity index (χ1) is 10.2. The number of cyclic esters (lactones) is 1. The minimum absolute atomic E-state index is 0.0383. The van der Waals surface area contributed by atoms with Gasteiger partial charge in [-0.3, -0.25) is 4.79 Å². The number of hydrogen-bond donors (Lipinski definition) is 0. The quantitative estimate of drug-likeness (QED) is 0.574. The Kier molecular flexibility index (Phi) is 4.85. The fourth-order valence-corrected chi connectivity index (χ4v) is 4.01. The maximum Gasteiger partial charge on any atom is 0.306 e. The highest BCUT2D eigenvalue weighted by Gasteiger charge is 2.49. The zero-order valence-corrected chi connectivity index (χ0v) is 13.1. The second-order valence-corrected chi connectivity index (χ2v) is 6.83. The van der Waals surface area contributed by atoms with E-state index in [0.717, 1.165) is 25.7 Å². The normalized spacial score (nSPS) is 35.3. The van der Waals surface area contributed by atoms with E-state index in [0.29, 0.717) is 13.0 Å². The van der Waals surface area contributed by atoms with E-state index in [1.807, 2.05) is 0 Å². The van der Waals surface area contributed by atoms with E-state index in [2.05, 4.69) is 6.92 Å². The molecule has 0 radical (unpaired) electrons. The monoisotopic (exact) mass is 296 g/mol. The molecule has 1 aliphatic carbocycles. The lowest BCUT2D eigenvalue weighted by Gasteiger charge is -2.32. The number of rotatable bonds is 5. The summed E-state index contributed by atoms with van der Waals surface area (Å²) in [6, 6.07) is 0. The Morgan fingerprint density at radius 2 is 2.00 bits per heavy atom. The second-order valence-electron chi connectivity index (χ2n) is 6.83. The summed E-state index contributed by atoms with van der Waals surface area (Å²) in [5.74, 6) is -0.215. The molecule has 0 N–H and O–H groups in total. The summed E-state index contributed by atoms with van der Waals surface area (Å²) in [5.41, 5.74) is 0. The highest BCUT2D eigenvalue weighted by Crippen LogP contribution is 2.42. The Bertz CT molecular complexity index is 362. The van der Waals surface area contributed by atoms with Crippen LogP contribution >= 0.6 is 0 Å². The third-order valence-electron chi connectivity index (χ3n) is 5.22. The average molecular weight is 296 g/mol. The molecule has 3 atom stereocenters. The largest absolute Gasteiger partial charge is 0.462 e. The molecule has 4 nitrogen and oxygen atoms in total. The first-order valence-corrected chi connectivity index (χ1v) is 8.74. The van der Waals surface area contributed by atoms with E-state index in [4.69, 9.17) is 14.2 Å². The van der Waals surface area contributed by atoms with Gasteiger partial charge in [-0.05, 0) is 25.7 Å². The van der Waals surface area contributed by atoms with Crippen LogP contribution < -0.4 is 0 Å². The van der Waals surface area contributed by atoms with Gasteiger partial charge in [-0.1, -0.05) is 26.2 Å². The molecule has 3 rings (SSSR count). The maximum absolute atomic E-state index is 11.7. The van der Waals surface area contributed by atoms with Crippen molar-refractivity contribution >= 4 is 5.97 Å². The molecule has 3 fully saturated rings. The van der Waals surface area contributed by atoms with Crippen molar-refractivity contribution in [2.24, 2.45) is 5.92 Å². The van der Waals surface area contributed by atoms with Crippen LogP contribution in [0.1, 0.15) is 71.1 Å². The fraction of sp³-hybridized carbons (Fsp3) is 0.941. The molecule has 2 saturated heterocycles. The molecule has 0 amide bonds. The Balaban J connectivity index is 1.58. The van der Waals surface area contributed by atoms with Crippen LogP contribution in [0.4, 0.5) is 0 Å². The number of hydrogen-bond acceptors (Lipinski definition) is 4. The topological polar surface area (TPSA) is 44.8 Å². The van der Waals surface area contributed by atoms with Gasteiger partial charge < -0.3 is 14.2 Å². The lowest BCUT2D eigenvalue weighted by Crippen LogP contribution is -2.36. The summed E-state index contributed by atoms with van der Waals surface area (Å²) in [6.07, 6.45) is 10.7. The first kappa shape index (κ1) is 15.3. The van der Waals surface area contributed by atoms with Crippen LogP contribution in [0.25, 0.3) is 0 Å². The molecule has 2 heterocycles. The van der Waals surface area contributed by atoms with Crippen LogP contribution in [-0.2, 0) is 19.0 Å². The van der Waals surface area contributed by atoms with Gasteiger partial charge in [0.15, 0.2) is 5.79 Å². The van der Waals surface area contributed by atoms with Crippen molar-refractivity contribution in [1.29, 1.82) is 0 Å². The zero-order valence-electron chi connectivity index (χ0n) is 13.1. The Morgan fingerprint density at radius 3 is 2.76 bits per heavy atom. The van der Waals surface area contributed by atoms with Gasteiger partial charge in [0.1, 0.15) is 6.10 Å². The first-order valence-electron chi connectivity index (χ1n) is 8.74. The average Bonchev–Trinajstić information content (AvgIpc) is 3.04. The molecule has 0 bridgehead atoms. The molecule has 0 aromatic heterocycles. The van der Waals surface area contributed by atoms with Gasteiger partial charge in [-0.15, -0.1) is 0 Å². The third kappa shape index (κ3) is 3.42. The summed E-state index contributed by atoms with van der Waals surface area (Å²) >= 11 is 0. The summed E-state index contributed by atoms with van der Waals surface area (Å²) in [5, 5.41) is 0. The third-order valence-corrected chi connectivity index (χ3v) is 5.22. The second kappa shape index (κ2) is 6.66. The minimum Gasteiger partial charge on any atom is -0.462 e. The minimum atomic E-state index is -0.345. The van der Waals surface area contributed by atoms with Crippen molar-refractivity contribution in [2.45, 2.75) is 89.1 Å². The summed E-state index contributed by atoms with van der Waals surface area (Å²) < 4.78 is 17.9. The molecule has 4 heteroatoms. The van der Waals surface area contributed by atoms with Crippen molar-refractivity contribution in [2.75, 3.05) is 6.61 Å². The fourth-order valence-electron chi connectivity index (χ4n) is 4.01. The SMILES string of the molecule is CCCCC[C@@H]1OC(=O)C[C@H]1[C@H]1COC2(CCCCC2)O1. The van der Waals surface area contributed by atoms with Crippen LogP contribution in [0.5, 0.6) is 0 Å². The zero-order chi connectivity index (χ0) is 14.7. The number of ether oxygens (including phenoxy) is 3. The number of carbonyl (C=O) groups is 1. The molecule has 21 heavy (non-hydrogen) atoms. The van der Waals surface area contributed by atoms with Crippen molar-refractivity contribution < 1.29 is 19.0 Å². The highest BCUT2D eigenvalue weighted by atomic mass is 16.7. The molecule has 1 spiro atoms. The van der Waals surface area contributed by atoms with Crippen molar-refractivity contribution in [1.82, 2.24) is 0 Å². The van der Waals surface area contributed by atoms with Crippen molar-refractivity contribution in [3.63, 3.8) is 0 Å². The van der Waals surface area contributed by atoms with Gasteiger partial charge in [0.05, 0.1) is 19.1 Å². The smallest absolute Gasteiger partial charge is 0.306 e. The van der Waals surface area contributed by atoms with Crippen LogP contribution in [0.2, 0.25) is 0 Å². The number of carbonyl (C=O) groups excluding carboxylic acids is 1. The Morgan fingerprint density at radius 1 is 1.19 bits per heavy atom. The van der Waals surface area contributed by atoms with Gasteiger partial charge in [-0.25, -0.2) is 0 Å². The van der Waals surface area contributed by atoms with Crippen LogP contribution in [-0.4, -0.2) is 30.6 Å². The highest BCUT2D eigenvalue weighted by molar-refractivity contribution is 5.72. The molecule has 3 aliphatic rings. The van der Waals surface area contributed by atoms with Crippen molar-refractivity contribution in [3.8, 4) is 0 Å². The molecule has 0 unspecified atom stereocenters. The van der Waals surface area contributed by atoms with Crippen LogP contribution in [0.3, 0.4) is 0 Å². The van der Waals surface area contributed by atoms with Crippen molar-refractivity contribution in [3.05, 3.63) is 0 Å². The lowest BCUT2D eigenvalue weighted by atomic mass is 9.91. The van der Waals surface area contributed by atoms with E-state index >= 15 is 0 Å². The molecule has 2 aliphatic heterocycles. The van der Waals surface area contributed by atoms with E-state index < -0.39 is 0 Å². The van der Waals surface area contributed by atoms with Gasteiger partial charge in [0.25, 0.3) is 0 Å². The van der Waals surface area contributed by atoms with E-state index in [9.17, 15) is 4.79 Å². The van der Waals surface area contributed by atoms with Crippen LogP contribution in [0.15, 0.2) is 0 Å². The predicted octanol–water partition coefficient (Wildman–Crippen LogP) is 3.57. The van der Waals surface area contributed by atoms with E-state index in [1.165, 1.54) is 32.1 Å². The van der Waals surface area contributed by atoms with Gasteiger partial charge in [0, 0.05) is 18.8 Å². The Labute approximate surface area is 127 Å². The van der Waals surface area contributed by atoms with Gasteiger partial charge in [-0.2, -0.15) is 0 Å². The molecule has 1 saturated carbocycles. The molecule has 0 aromatic carbocycles. The van der Waals surface area contributed by atoms with Gasteiger partial charge in [0.2, 0.25) is 0 Å². The van der Waals surface area contributed by atoms with Gasteiger partial charge >= 0.3 is 5.97 Å². The van der Waals surface area contributed by atoms with E-state index in [1.54, 1.807) is 0 Å². The maximum atomic E-state index is 11.7. The standard InChI is InChI=1S/C17H28O4/c1-2-3-5-8-14-13(11-16(18)20-14)15-12-19-17(21-15)9-6-4-7-10-17/h13-15H,2-12H2,1H3/t13-,14+,15-/m1/s1. The van der Waals surface area contributed by atoms with E-state index in [-0.39, 0.29) is 29.9 Å². The summed E-state index contributed by atoms with van der Waals surface area (Å²) in [6.45, 7) is 2.82. The molecule has 0 aromatic rings. The lowest BCUT2D eigenvalue weighted by molar-refractivity contribution is -0.193. The predicted molar refractivity (Wildman–Crippen MR) is 78.8 cm³/mol. The molecule has 120 valence electrons. The summed E-state index contributed by atoms with van der Waals surface area (Å²) in [4.78, 5) is 11.7. The number of esters is 1. The number of unbranched alkanes of at least 4 members (excludes halogenated alkanes) is 2.